The Labute approximate surface area is 338 Å². The predicted molar refractivity (Wildman–Crippen MR) is 242 cm³/mol. The largest absolute Gasteiger partial charge is 0.311 e. The van der Waals surface area contributed by atoms with Crippen LogP contribution in [0.2, 0.25) is 0 Å². The van der Waals surface area contributed by atoms with Crippen molar-refractivity contribution >= 4 is 76.0 Å². The van der Waals surface area contributed by atoms with Gasteiger partial charge in [0.2, 0.25) is 0 Å². The lowest BCUT2D eigenvalue weighted by Gasteiger charge is -2.17. The number of fused-ring (bicyclic) bond motifs is 9. The van der Waals surface area contributed by atoms with E-state index in [1.54, 1.807) is 11.3 Å². The standard InChI is InChI=1S/C52H33N5S/c1-4-17-33(18-5-1)50-53-51(55-52(54-50)40-26-16-32-46-48(40)38-23-11-13-31-45(38)58-46)39-25-15-29-43-47(39)37-22-8-3-9-27-42(37)57(43)44-30-14-24-36-35-21-10-12-28-41(35)56(49(36)44)34-19-6-2-7-20-34/h1-2,4-6,8,10-19,21-26,28-32H,3,7,20H2. The molecule has 6 aromatic carbocycles. The summed E-state index contributed by atoms with van der Waals surface area (Å²) in [7, 11) is 0. The molecule has 5 nitrogen and oxygen atoms in total. The second-order valence-corrected chi connectivity index (χ2v) is 15.9. The van der Waals surface area contributed by atoms with Crippen molar-refractivity contribution in [1.29, 1.82) is 0 Å². The average molecular weight is 760 g/mol. The van der Waals surface area contributed by atoms with Gasteiger partial charge in [-0.2, -0.15) is 0 Å². The minimum absolute atomic E-state index is 0.628. The first-order valence-electron chi connectivity index (χ1n) is 19.7. The molecule has 0 bridgehead atoms. The fourth-order valence-electron chi connectivity index (χ4n) is 9.01. The normalized spacial score (nSPS) is 13.6. The number of nitrogens with zero attached hydrogens (tertiary/aromatic N) is 5. The van der Waals surface area contributed by atoms with Gasteiger partial charge in [0.1, 0.15) is 5.69 Å². The molecule has 6 heteroatoms. The zero-order valence-corrected chi connectivity index (χ0v) is 32.2. The number of para-hydroxylation sites is 2. The minimum Gasteiger partial charge on any atom is -0.311 e. The van der Waals surface area contributed by atoms with Gasteiger partial charge in [-0.1, -0.05) is 133 Å². The molecule has 58 heavy (non-hydrogen) atoms. The lowest BCUT2D eigenvalue weighted by molar-refractivity contribution is 0.974. The van der Waals surface area contributed by atoms with Crippen LogP contribution in [0.15, 0.2) is 158 Å². The maximum Gasteiger partial charge on any atom is 0.164 e. The highest BCUT2D eigenvalue weighted by Crippen LogP contribution is 2.44. The summed E-state index contributed by atoms with van der Waals surface area (Å²) < 4.78 is 7.31. The summed E-state index contributed by atoms with van der Waals surface area (Å²) in [5, 5.41) is 5.91. The molecule has 0 unspecified atom stereocenters. The fourth-order valence-corrected chi connectivity index (χ4v) is 10.1. The Morgan fingerprint density at radius 1 is 0.569 bits per heavy atom. The van der Waals surface area contributed by atoms with Crippen LogP contribution in [0.4, 0.5) is 0 Å². The van der Waals surface area contributed by atoms with E-state index in [0.29, 0.717) is 23.9 Å². The molecule has 2 aliphatic carbocycles. The topological polar surface area (TPSA) is 48.5 Å². The van der Waals surface area contributed by atoms with Crippen LogP contribution in [0.25, 0.3) is 105 Å². The zero-order valence-electron chi connectivity index (χ0n) is 31.4. The first-order valence-corrected chi connectivity index (χ1v) is 20.6. The number of thiophene rings is 1. The quantitative estimate of drug-likeness (QED) is 0.164. The molecular weight excluding hydrogens is 727 g/mol. The van der Waals surface area contributed by atoms with Crippen LogP contribution < -0.4 is 0 Å². The number of rotatable bonds is 5. The van der Waals surface area contributed by atoms with E-state index in [1.807, 2.05) is 18.2 Å². The van der Waals surface area contributed by atoms with Crippen molar-refractivity contribution in [3.8, 4) is 51.7 Å². The first kappa shape index (κ1) is 32.9. The fraction of sp³-hybridized carbons (Fsp3) is 0.0577. The van der Waals surface area contributed by atoms with Gasteiger partial charge in [0.05, 0.1) is 22.2 Å². The zero-order chi connectivity index (χ0) is 38.2. The molecule has 0 aliphatic heterocycles. The van der Waals surface area contributed by atoms with Crippen molar-refractivity contribution in [3.05, 3.63) is 169 Å². The SMILES string of the molecule is C1#Cc2c(c3c(-c4nc(-c5ccccc5)nc(-c5cccc6sc7ccccc7c56)n4)cccc3n2-c2cccc3c4ccccc4n(C4=CC=CCC4)c23)C=CC1. The van der Waals surface area contributed by atoms with Crippen molar-refractivity contribution in [3.63, 3.8) is 0 Å². The monoisotopic (exact) mass is 759 g/mol. The van der Waals surface area contributed by atoms with Gasteiger partial charge in [-0.3, -0.25) is 4.57 Å². The second-order valence-electron chi connectivity index (χ2n) is 14.8. The number of hydrogen-bond acceptors (Lipinski definition) is 4. The number of benzene rings is 6. The molecule has 0 saturated carbocycles. The van der Waals surface area contributed by atoms with Gasteiger partial charge in [-0.15, -0.1) is 11.3 Å². The average Bonchev–Trinajstić information content (AvgIpc) is 3.87. The third kappa shape index (κ3) is 5.00. The molecule has 0 spiro atoms. The summed E-state index contributed by atoms with van der Waals surface area (Å²) in [6, 6.07) is 47.3. The molecule has 0 atom stereocenters. The summed E-state index contributed by atoms with van der Waals surface area (Å²) in [4.78, 5) is 15.9. The van der Waals surface area contributed by atoms with E-state index < -0.39 is 0 Å². The smallest absolute Gasteiger partial charge is 0.164 e. The number of allylic oxidation sites excluding steroid dienone is 5. The van der Waals surface area contributed by atoms with Gasteiger partial charge in [0, 0.05) is 70.7 Å². The molecule has 272 valence electrons. The van der Waals surface area contributed by atoms with Crippen LogP contribution >= 0.6 is 11.3 Å². The highest BCUT2D eigenvalue weighted by Gasteiger charge is 2.26. The Kier molecular flexibility index (Phi) is 7.44. The van der Waals surface area contributed by atoms with E-state index in [4.69, 9.17) is 15.0 Å². The molecule has 10 aromatic rings. The molecule has 0 N–H and O–H groups in total. The Morgan fingerprint density at radius 3 is 2.14 bits per heavy atom. The lowest BCUT2D eigenvalue weighted by Crippen LogP contribution is -2.04. The molecule has 0 amide bonds. The van der Waals surface area contributed by atoms with E-state index in [2.05, 4.69) is 167 Å². The summed E-state index contributed by atoms with van der Waals surface area (Å²) in [5.74, 6) is 9.00. The summed E-state index contributed by atoms with van der Waals surface area (Å²) in [6.07, 6.45) is 13.8. The number of aromatic nitrogens is 5. The minimum atomic E-state index is 0.628. The molecule has 0 saturated heterocycles. The Hall–Kier alpha value is -7.33. The van der Waals surface area contributed by atoms with Gasteiger partial charge in [-0.05, 0) is 55.2 Å². The molecule has 4 aromatic heterocycles. The highest BCUT2D eigenvalue weighted by atomic mass is 32.1. The summed E-state index contributed by atoms with van der Waals surface area (Å²) in [6.45, 7) is 0. The molecule has 4 heterocycles. The Bertz CT molecular complexity index is 3490. The van der Waals surface area contributed by atoms with Crippen molar-refractivity contribution in [2.24, 2.45) is 0 Å². The van der Waals surface area contributed by atoms with Crippen LogP contribution in [0.5, 0.6) is 0 Å². The highest BCUT2D eigenvalue weighted by molar-refractivity contribution is 7.25. The first-order chi connectivity index (χ1) is 28.8. The van der Waals surface area contributed by atoms with E-state index >= 15 is 0 Å². The van der Waals surface area contributed by atoms with Gasteiger partial charge >= 0.3 is 0 Å². The van der Waals surface area contributed by atoms with Crippen LogP contribution in [0.3, 0.4) is 0 Å². The maximum absolute atomic E-state index is 5.39. The summed E-state index contributed by atoms with van der Waals surface area (Å²) >= 11 is 1.80. The van der Waals surface area contributed by atoms with E-state index in [9.17, 15) is 0 Å². The van der Waals surface area contributed by atoms with Crippen molar-refractivity contribution < 1.29 is 0 Å². The summed E-state index contributed by atoms with van der Waals surface area (Å²) in [5.41, 5.74) is 10.7. The molecular formula is C52H33N5S. The van der Waals surface area contributed by atoms with Gasteiger partial charge < -0.3 is 4.57 Å². The van der Waals surface area contributed by atoms with Crippen molar-refractivity contribution in [2.75, 3.05) is 0 Å². The van der Waals surface area contributed by atoms with E-state index in [0.717, 1.165) is 57.4 Å². The van der Waals surface area contributed by atoms with Crippen LogP contribution in [0.1, 0.15) is 30.5 Å². The van der Waals surface area contributed by atoms with E-state index in [1.165, 1.54) is 47.7 Å². The molecule has 0 fully saturated rings. The van der Waals surface area contributed by atoms with Crippen molar-refractivity contribution in [2.45, 2.75) is 19.3 Å². The lowest BCUT2D eigenvalue weighted by atomic mass is 10.0. The molecule has 0 radical (unpaired) electrons. The van der Waals surface area contributed by atoms with Gasteiger partial charge in [-0.25, -0.2) is 15.0 Å². The molecule has 12 rings (SSSR count). The van der Waals surface area contributed by atoms with Crippen LogP contribution in [0, 0.1) is 11.8 Å². The van der Waals surface area contributed by atoms with Crippen molar-refractivity contribution in [1.82, 2.24) is 24.1 Å². The number of hydrogen-bond donors (Lipinski definition) is 0. The maximum atomic E-state index is 5.39. The Morgan fingerprint density at radius 2 is 1.28 bits per heavy atom. The van der Waals surface area contributed by atoms with Crippen LogP contribution in [-0.4, -0.2) is 24.1 Å². The van der Waals surface area contributed by atoms with Gasteiger partial charge in [0.25, 0.3) is 0 Å². The van der Waals surface area contributed by atoms with E-state index in [-0.39, 0.29) is 0 Å². The Balaban J connectivity index is 1.16. The third-order valence-corrected chi connectivity index (χ3v) is 12.6. The third-order valence-electron chi connectivity index (χ3n) is 11.5. The van der Waals surface area contributed by atoms with Gasteiger partial charge in [0.15, 0.2) is 17.5 Å². The molecule has 2 aliphatic rings. The van der Waals surface area contributed by atoms with Crippen LogP contribution in [-0.2, 0) is 0 Å². The second kappa shape index (κ2) is 13.1. The predicted octanol–water partition coefficient (Wildman–Crippen LogP) is 13.3.